The third kappa shape index (κ3) is 2.96. The van der Waals surface area contributed by atoms with E-state index in [1.54, 1.807) is 13.0 Å². The zero-order valence-electron chi connectivity index (χ0n) is 18.4. The number of hydrogen-bond donors (Lipinski definition) is 0. The lowest BCUT2D eigenvalue weighted by molar-refractivity contribution is -0.163. The van der Waals surface area contributed by atoms with Crippen molar-refractivity contribution >= 4 is 46.6 Å². The Morgan fingerprint density at radius 1 is 1.29 bits per heavy atom. The van der Waals surface area contributed by atoms with Gasteiger partial charge in [-0.2, -0.15) is 0 Å². The summed E-state index contributed by atoms with van der Waals surface area (Å²) in [6.45, 7) is 7.85. The van der Waals surface area contributed by atoms with Gasteiger partial charge >= 0.3 is 5.97 Å². The number of ether oxygens (including phenoxy) is 1. The fourth-order valence-corrected chi connectivity index (χ4v) is 8.93. The number of hydrogen-bond acceptors (Lipinski definition) is 3. The van der Waals surface area contributed by atoms with E-state index < -0.39 is 21.8 Å². The van der Waals surface area contributed by atoms with E-state index in [1.807, 2.05) is 6.92 Å². The van der Waals surface area contributed by atoms with Gasteiger partial charge < -0.3 is 4.74 Å². The summed E-state index contributed by atoms with van der Waals surface area (Å²) in [5.74, 6) is -0.635. The maximum absolute atomic E-state index is 15.7. The van der Waals surface area contributed by atoms with E-state index >= 15 is 4.39 Å². The molecule has 4 rings (SSSR count). The second-order valence-corrected chi connectivity index (χ2v) is 11.6. The molecule has 4 aliphatic carbocycles. The Morgan fingerprint density at radius 3 is 2.58 bits per heavy atom. The first-order valence-corrected chi connectivity index (χ1v) is 12.5. The topological polar surface area (TPSA) is 43.4 Å². The Kier molecular flexibility index (Phi) is 5.88. The first-order valence-electron chi connectivity index (χ1n) is 11.3. The maximum Gasteiger partial charge on any atom is 0.305 e. The number of carbonyl (C=O) groups is 2. The molecule has 0 aromatic carbocycles. The zero-order valence-corrected chi connectivity index (χ0v) is 20.7. The van der Waals surface area contributed by atoms with Crippen molar-refractivity contribution in [2.75, 3.05) is 0 Å². The highest BCUT2D eigenvalue weighted by Crippen LogP contribution is 2.72. The Balaban J connectivity index is 1.84. The number of allylic oxidation sites excluding steroid dienone is 4. The lowest BCUT2D eigenvalue weighted by Crippen LogP contribution is -2.67. The van der Waals surface area contributed by atoms with Crippen LogP contribution in [0.25, 0.3) is 0 Å². The predicted molar refractivity (Wildman–Crippen MR) is 121 cm³/mol. The average Bonchev–Trinajstić information content (AvgIpc) is 2.99. The summed E-state index contributed by atoms with van der Waals surface area (Å²) in [5, 5.41) is -0.569. The lowest BCUT2D eigenvalue weighted by atomic mass is 9.46. The van der Waals surface area contributed by atoms with Crippen LogP contribution in [0.2, 0.25) is 0 Å². The Bertz CT molecular complexity index is 872. The molecule has 0 spiro atoms. The van der Waals surface area contributed by atoms with Crippen molar-refractivity contribution in [1.29, 1.82) is 0 Å². The molecule has 0 aromatic rings. The third-order valence-corrected chi connectivity index (χ3v) is 10.8. The third-order valence-electron chi connectivity index (χ3n) is 8.84. The van der Waals surface area contributed by atoms with Gasteiger partial charge in [0.25, 0.3) is 0 Å². The molecule has 0 N–H and O–H groups in total. The van der Waals surface area contributed by atoms with Gasteiger partial charge in [0.1, 0.15) is 12.3 Å². The van der Waals surface area contributed by atoms with Gasteiger partial charge in [-0.3, -0.25) is 9.59 Å². The Hall–Kier alpha value is -0.580. The highest BCUT2D eigenvalue weighted by atomic mass is 35.5. The number of fused-ring (bicyclic) bond motifs is 5. The molecule has 0 unspecified atom stereocenters. The number of carbonyl (C=O) groups excluding carboxylic acids is 2. The number of halogens is 4. The fraction of sp³-hybridized carbons (Fsp3) is 0.750. The summed E-state index contributed by atoms with van der Waals surface area (Å²) in [5.41, 5.74) is -1.03. The SMILES string of the molecule is CCC(=O)O[C@@H]1[C@H](C)C[C@H]2[C@@H]3C[C@H](F)C4=C(Cl)C(=O)C=C[C@]4(C)[C@@]3(Cl)[C@@H](Cl)C[C@]12CC. The summed E-state index contributed by atoms with van der Waals surface area (Å²) in [7, 11) is 0. The molecule has 7 heteroatoms. The van der Waals surface area contributed by atoms with Crippen molar-refractivity contribution in [3.05, 3.63) is 22.8 Å². The highest BCUT2D eigenvalue weighted by molar-refractivity contribution is 6.45. The molecule has 0 heterocycles. The molecular formula is C24H30Cl3FO3. The van der Waals surface area contributed by atoms with Crippen molar-refractivity contribution in [2.45, 2.75) is 82.3 Å². The standard InChI is InChI=1S/C24H30Cl3FO3/c1-5-18(30)31-21-12(3)9-13-14-10-15(28)19-20(26)16(29)7-8-22(19,4)24(14,27)17(25)11-23(13,21)6-2/h7-8,12-15,17,21H,5-6,9-11H2,1-4H3/t12-,13+,14+,15+,17+,21-,22+,23+,24+/m1/s1. The van der Waals surface area contributed by atoms with Gasteiger partial charge in [-0.05, 0) is 55.1 Å². The van der Waals surface area contributed by atoms with Crippen LogP contribution in [0.15, 0.2) is 22.8 Å². The molecule has 4 aliphatic rings. The first kappa shape index (κ1) is 23.6. The minimum Gasteiger partial charge on any atom is -0.461 e. The van der Waals surface area contributed by atoms with Crippen LogP contribution in [0, 0.1) is 28.6 Å². The Morgan fingerprint density at radius 2 is 1.97 bits per heavy atom. The van der Waals surface area contributed by atoms with Crippen molar-refractivity contribution in [2.24, 2.45) is 28.6 Å². The smallest absolute Gasteiger partial charge is 0.305 e. The molecule has 3 saturated carbocycles. The summed E-state index contributed by atoms with van der Waals surface area (Å²) in [6, 6.07) is 0. The average molecular weight is 492 g/mol. The van der Waals surface area contributed by atoms with Crippen LogP contribution in [0.1, 0.15) is 59.8 Å². The summed E-state index contributed by atoms with van der Waals surface area (Å²) < 4.78 is 21.6. The van der Waals surface area contributed by atoms with E-state index in [9.17, 15) is 9.59 Å². The van der Waals surface area contributed by atoms with Gasteiger partial charge in [-0.1, -0.05) is 45.4 Å². The van der Waals surface area contributed by atoms with E-state index in [1.165, 1.54) is 6.08 Å². The fourth-order valence-electron chi connectivity index (χ4n) is 7.39. The molecule has 3 nitrogen and oxygen atoms in total. The molecule has 9 atom stereocenters. The van der Waals surface area contributed by atoms with Gasteiger partial charge in [0.05, 0.1) is 15.3 Å². The normalized spacial score (nSPS) is 48.8. The molecule has 0 aromatic heterocycles. The Labute approximate surface area is 198 Å². The minimum absolute atomic E-state index is 0.0658. The van der Waals surface area contributed by atoms with Gasteiger partial charge in [-0.25, -0.2) is 4.39 Å². The number of rotatable bonds is 3. The van der Waals surface area contributed by atoms with Gasteiger partial charge in [-0.15, -0.1) is 23.2 Å². The van der Waals surface area contributed by atoms with E-state index in [-0.39, 0.29) is 58.1 Å². The number of alkyl halides is 3. The molecule has 0 saturated heterocycles. The molecule has 0 aliphatic heterocycles. The van der Waals surface area contributed by atoms with E-state index in [2.05, 4.69) is 13.8 Å². The summed E-state index contributed by atoms with van der Waals surface area (Å²) in [4.78, 5) is 23.5. The highest BCUT2D eigenvalue weighted by Gasteiger charge is 2.72. The number of esters is 1. The van der Waals surface area contributed by atoms with Crippen LogP contribution < -0.4 is 0 Å². The molecule has 0 amide bonds. The molecular weight excluding hydrogens is 462 g/mol. The van der Waals surface area contributed by atoms with Crippen LogP contribution in [-0.2, 0) is 14.3 Å². The van der Waals surface area contributed by atoms with Crippen LogP contribution in [-0.4, -0.2) is 34.3 Å². The predicted octanol–water partition coefficient (Wildman–Crippen LogP) is 6.35. The molecule has 3 fully saturated rings. The first-order chi connectivity index (χ1) is 14.5. The van der Waals surface area contributed by atoms with Crippen LogP contribution in [0.4, 0.5) is 4.39 Å². The van der Waals surface area contributed by atoms with E-state index in [4.69, 9.17) is 39.5 Å². The quantitative estimate of drug-likeness (QED) is 0.341. The van der Waals surface area contributed by atoms with Crippen LogP contribution in [0.3, 0.4) is 0 Å². The second kappa shape index (κ2) is 7.74. The zero-order chi connectivity index (χ0) is 22.9. The van der Waals surface area contributed by atoms with Gasteiger partial charge in [0, 0.05) is 17.3 Å². The van der Waals surface area contributed by atoms with E-state index in [0.29, 0.717) is 12.8 Å². The second-order valence-electron chi connectivity index (χ2n) is 10.0. The number of ketones is 1. The molecule has 31 heavy (non-hydrogen) atoms. The molecule has 172 valence electrons. The minimum atomic E-state index is -1.37. The summed E-state index contributed by atoms with van der Waals surface area (Å²) >= 11 is 20.9. The van der Waals surface area contributed by atoms with Crippen LogP contribution >= 0.6 is 34.8 Å². The van der Waals surface area contributed by atoms with E-state index in [0.717, 1.165) is 12.8 Å². The maximum atomic E-state index is 15.7. The van der Waals surface area contributed by atoms with Crippen molar-refractivity contribution in [3.8, 4) is 0 Å². The molecule has 0 radical (unpaired) electrons. The van der Waals surface area contributed by atoms with Gasteiger partial charge in [0.15, 0.2) is 5.78 Å². The van der Waals surface area contributed by atoms with Gasteiger partial charge in [0.2, 0.25) is 0 Å². The van der Waals surface area contributed by atoms with Crippen molar-refractivity contribution in [1.82, 2.24) is 0 Å². The van der Waals surface area contributed by atoms with Crippen LogP contribution in [0.5, 0.6) is 0 Å². The van der Waals surface area contributed by atoms with Crippen molar-refractivity contribution in [3.63, 3.8) is 0 Å². The van der Waals surface area contributed by atoms with Crippen molar-refractivity contribution < 1.29 is 18.7 Å². The largest absolute Gasteiger partial charge is 0.461 e. The monoisotopic (exact) mass is 490 g/mol. The molecule has 0 bridgehead atoms. The summed E-state index contributed by atoms with van der Waals surface area (Å²) in [6.07, 6.45) is 4.13. The lowest BCUT2D eigenvalue weighted by Gasteiger charge is -2.64.